The maximum absolute atomic E-state index is 12.1. The Balaban J connectivity index is 2.00. The molecule has 1 aliphatic heterocycles. The van der Waals surface area contributed by atoms with E-state index in [4.69, 9.17) is 0 Å². The normalized spacial score (nSPS) is 18.8. The van der Waals surface area contributed by atoms with Gasteiger partial charge in [0.25, 0.3) is 0 Å². The predicted molar refractivity (Wildman–Crippen MR) is 67.9 cm³/mol. The van der Waals surface area contributed by atoms with Crippen LogP contribution in [-0.2, 0) is 16.0 Å². The Kier molecular flexibility index (Phi) is 3.45. The molecule has 1 aromatic rings. The predicted octanol–water partition coefficient (Wildman–Crippen LogP) is 1.45. The van der Waals surface area contributed by atoms with Gasteiger partial charge in [-0.3, -0.25) is 14.6 Å². The number of likely N-dealkylation sites (tertiary alicyclic amines) is 1. The summed E-state index contributed by atoms with van der Waals surface area (Å²) < 4.78 is 0. The average molecular weight is 246 g/mol. The van der Waals surface area contributed by atoms with Crippen molar-refractivity contribution in [2.24, 2.45) is 5.41 Å². The van der Waals surface area contributed by atoms with Crippen LogP contribution in [-0.4, -0.2) is 34.7 Å². The lowest BCUT2D eigenvalue weighted by atomic mass is 9.82. The highest BCUT2D eigenvalue weighted by molar-refractivity contribution is 5.88. The number of hydrogen-bond donors (Lipinski definition) is 0. The van der Waals surface area contributed by atoms with Gasteiger partial charge in [0.1, 0.15) is 5.78 Å². The van der Waals surface area contributed by atoms with Gasteiger partial charge in [0.15, 0.2) is 0 Å². The van der Waals surface area contributed by atoms with E-state index in [2.05, 4.69) is 4.98 Å². The molecule has 1 amide bonds. The number of Topliss-reactive ketones (excluding diaryl/α,β-unsaturated/α-hetero) is 1. The second kappa shape index (κ2) is 4.88. The fourth-order valence-corrected chi connectivity index (χ4v) is 2.20. The monoisotopic (exact) mass is 246 g/mol. The third-order valence-corrected chi connectivity index (χ3v) is 3.36. The van der Waals surface area contributed by atoms with E-state index < -0.39 is 5.41 Å². The molecule has 1 aliphatic rings. The Morgan fingerprint density at radius 3 is 2.83 bits per heavy atom. The highest BCUT2D eigenvalue weighted by atomic mass is 16.2. The third kappa shape index (κ3) is 2.75. The Morgan fingerprint density at radius 2 is 2.22 bits per heavy atom. The molecule has 0 aliphatic carbocycles. The van der Waals surface area contributed by atoms with Gasteiger partial charge < -0.3 is 4.90 Å². The summed E-state index contributed by atoms with van der Waals surface area (Å²) in [5.41, 5.74) is 0.357. The van der Waals surface area contributed by atoms with E-state index in [9.17, 15) is 9.59 Å². The van der Waals surface area contributed by atoms with Crippen molar-refractivity contribution < 1.29 is 9.59 Å². The Bertz CT molecular complexity index is 454. The first-order chi connectivity index (χ1) is 8.49. The molecule has 0 radical (unpaired) electrons. The third-order valence-electron chi connectivity index (χ3n) is 3.36. The number of ketones is 1. The van der Waals surface area contributed by atoms with Crippen LogP contribution in [0.1, 0.15) is 26.0 Å². The van der Waals surface area contributed by atoms with Crippen LogP contribution in [0.4, 0.5) is 0 Å². The number of piperidine rings is 1. The standard InChI is InChI=1S/C14H18N2O2/c1-14(2)10-16(8-6-12(14)17)13(18)9-11-5-3-4-7-15-11/h3-5,7H,6,8-10H2,1-2H3. The summed E-state index contributed by atoms with van der Waals surface area (Å²) in [7, 11) is 0. The fourth-order valence-electron chi connectivity index (χ4n) is 2.20. The van der Waals surface area contributed by atoms with Crippen molar-refractivity contribution in [1.82, 2.24) is 9.88 Å². The van der Waals surface area contributed by atoms with E-state index in [1.807, 2.05) is 32.0 Å². The number of hydrogen-bond acceptors (Lipinski definition) is 3. The average Bonchev–Trinajstić information content (AvgIpc) is 2.34. The first-order valence-electron chi connectivity index (χ1n) is 6.20. The lowest BCUT2D eigenvalue weighted by Gasteiger charge is -2.36. The number of nitrogens with zero attached hydrogens (tertiary/aromatic N) is 2. The molecule has 2 rings (SSSR count). The lowest BCUT2D eigenvalue weighted by Crippen LogP contribution is -2.49. The zero-order chi connectivity index (χ0) is 13.2. The summed E-state index contributed by atoms with van der Waals surface area (Å²) in [6.45, 7) is 4.84. The van der Waals surface area contributed by atoms with E-state index in [0.29, 0.717) is 25.9 Å². The van der Waals surface area contributed by atoms with E-state index >= 15 is 0 Å². The highest BCUT2D eigenvalue weighted by Gasteiger charge is 2.35. The molecule has 0 aromatic carbocycles. The lowest BCUT2D eigenvalue weighted by molar-refractivity contribution is -0.140. The second-order valence-corrected chi connectivity index (χ2v) is 5.37. The van der Waals surface area contributed by atoms with Gasteiger partial charge in [-0.15, -0.1) is 0 Å². The van der Waals surface area contributed by atoms with Gasteiger partial charge in [0.05, 0.1) is 6.42 Å². The highest BCUT2D eigenvalue weighted by Crippen LogP contribution is 2.25. The molecule has 96 valence electrons. The summed E-state index contributed by atoms with van der Waals surface area (Å²) in [5.74, 6) is 0.290. The van der Waals surface area contributed by atoms with Crippen molar-refractivity contribution in [2.75, 3.05) is 13.1 Å². The van der Waals surface area contributed by atoms with Crippen molar-refractivity contribution in [3.8, 4) is 0 Å². The molecule has 4 heteroatoms. The summed E-state index contributed by atoms with van der Waals surface area (Å²) in [6, 6.07) is 5.55. The molecular formula is C14H18N2O2. The SMILES string of the molecule is CC1(C)CN(C(=O)Cc2ccccn2)CCC1=O. The molecule has 0 bridgehead atoms. The zero-order valence-corrected chi connectivity index (χ0v) is 10.8. The maximum atomic E-state index is 12.1. The maximum Gasteiger partial charge on any atom is 0.228 e. The van der Waals surface area contributed by atoms with Crippen LogP contribution in [0.15, 0.2) is 24.4 Å². The molecule has 1 fully saturated rings. The van der Waals surface area contributed by atoms with E-state index in [-0.39, 0.29) is 11.7 Å². The quantitative estimate of drug-likeness (QED) is 0.793. The number of carbonyl (C=O) groups is 2. The Hall–Kier alpha value is -1.71. The van der Waals surface area contributed by atoms with Gasteiger partial charge >= 0.3 is 0 Å². The summed E-state index contributed by atoms with van der Waals surface area (Å²) in [5, 5.41) is 0. The molecule has 1 aromatic heterocycles. The van der Waals surface area contributed by atoms with Crippen LogP contribution < -0.4 is 0 Å². The number of amides is 1. The molecule has 1 saturated heterocycles. The van der Waals surface area contributed by atoms with Crippen LogP contribution in [0.25, 0.3) is 0 Å². The van der Waals surface area contributed by atoms with Crippen molar-refractivity contribution in [3.05, 3.63) is 30.1 Å². The Labute approximate surface area is 107 Å². The van der Waals surface area contributed by atoms with E-state index in [1.165, 1.54) is 0 Å². The summed E-state index contributed by atoms with van der Waals surface area (Å²) in [6.07, 6.45) is 2.46. The van der Waals surface area contributed by atoms with Gasteiger partial charge in [0.2, 0.25) is 5.91 Å². The number of carbonyl (C=O) groups excluding carboxylic acids is 2. The van der Waals surface area contributed by atoms with Crippen molar-refractivity contribution in [1.29, 1.82) is 0 Å². The first kappa shape index (κ1) is 12.7. The molecule has 4 nitrogen and oxygen atoms in total. The van der Waals surface area contributed by atoms with E-state index in [0.717, 1.165) is 5.69 Å². The summed E-state index contributed by atoms with van der Waals surface area (Å²) >= 11 is 0. The minimum absolute atomic E-state index is 0.0503. The molecule has 18 heavy (non-hydrogen) atoms. The van der Waals surface area contributed by atoms with Gasteiger partial charge in [-0.25, -0.2) is 0 Å². The van der Waals surface area contributed by atoms with Crippen LogP contribution in [0.3, 0.4) is 0 Å². The van der Waals surface area contributed by atoms with Gasteiger partial charge in [-0.1, -0.05) is 19.9 Å². The second-order valence-electron chi connectivity index (χ2n) is 5.37. The minimum atomic E-state index is -0.419. The van der Waals surface area contributed by atoms with Crippen LogP contribution in [0.5, 0.6) is 0 Å². The topological polar surface area (TPSA) is 50.3 Å². The number of pyridine rings is 1. The van der Waals surface area contributed by atoms with Gasteiger partial charge in [-0.05, 0) is 12.1 Å². The van der Waals surface area contributed by atoms with E-state index in [1.54, 1.807) is 11.1 Å². The molecular weight excluding hydrogens is 228 g/mol. The smallest absolute Gasteiger partial charge is 0.228 e. The molecule has 0 atom stereocenters. The molecule has 2 heterocycles. The van der Waals surface area contributed by atoms with Gasteiger partial charge in [-0.2, -0.15) is 0 Å². The van der Waals surface area contributed by atoms with Crippen LogP contribution in [0, 0.1) is 5.41 Å². The number of aromatic nitrogens is 1. The Morgan fingerprint density at radius 1 is 1.44 bits per heavy atom. The van der Waals surface area contributed by atoms with Crippen molar-refractivity contribution in [2.45, 2.75) is 26.7 Å². The van der Waals surface area contributed by atoms with Gasteiger partial charge in [0, 0.05) is 36.8 Å². The first-order valence-corrected chi connectivity index (χ1v) is 6.20. The number of rotatable bonds is 2. The molecule has 0 saturated carbocycles. The van der Waals surface area contributed by atoms with Crippen LogP contribution in [0.2, 0.25) is 0 Å². The molecule has 0 unspecified atom stereocenters. The molecule has 0 spiro atoms. The summed E-state index contributed by atoms with van der Waals surface area (Å²) in [4.78, 5) is 29.8. The largest absolute Gasteiger partial charge is 0.341 e. The molecule has 0 N–H and O–H groups in total. The van der Waals surface area contributed by atoms with Crippen molar-refractivity contribution in [3.63, 3.8) is 0 Å². The minimum Gasteiger partial charge on any atom is -0.341 e. The fraction of sp³-hybridized carbons (Fsp3) is 0.500. The van der Waals surface area contributed by atoms with Crippen molar-refractivity contribution >= 4 is 11.7 Å². The zero-order valence-electron chi connectivity index (χ0n) is 10.8. The van der Waals surface area contributed by atoms with Crippen LogP contribution >= 0.6 is 0 Å².